The van der Waals surface area contributed by atoms with Gasteiger partial charge in [-0.25, -0.2) is 4.39 Å². The number of ether oxygens (including phenoxy) is 1. The Bertz CT molecular complexity index is 1560. The van der Waals surface area contributed by atoms with E-state index in [1.54, 1.807) is 25.1 Å². The highest BCUT2D eigenvalue weighted by molar-refractivity contribution is 7.98. The number of anilines is 2. The molecule has 0 unspecified atom stereocenters. The number of thioether (sulfide) groups is 1. The summed E-state index contributed by atoms with van der Waals surface area (Å²) in [5.74, 6) is -0.0371. The lowest BCUT2D eigenvalue weighted by molar-refractivity contribution is 0.331. The summed E-state index contributed by atoms with van der Waals surface area (Å²) in [6.07, 6.45) is 6.38. The first-order chi connectivity index (χ1) is 19.6. The van der Waals surface area contributed by atoms with Gasteiger partial charge in [-0.15, -0.1) is 11.8 Å². The van der Waals surface area contributed by atoms with Gasteiger partial charge in [-0.3, -0.25) is 9.69 Å². The molecular weight excluding hydrogens is 523 g/mol. The van der Waals surface area contributed by atoms with Crippen LogP contribution >= 0.6 is 11.8 Å². The number of hydrogen-bond donors (Lipinski definition) is 0. The number of nitrogens with zero attached hydrogens (tertiary/aromatic N) is 4. The zero-order valence-corrected chi connectivity index (χ0v) is 23.9. The van der Waals surface area contributed by atoms with Gasteiger partial charge in [0.05, 0.1) is 18.2 Å². The fourth-order valence-electron chi connectivity index (χ4n) is 6.07. The molecule has 208 valence electrons. The van der Waals surface area contributed by atoms with Crippen molar-refractivity contribution in [2.45, 2.75) is 24.3 Å². The molecule has 3 heterocycles. The van der Waals surface area contributed by atoms with Crippen molar-refractivity contribution in [3.8, 4) is 11.4 Å². The Hall–Kier alpha value is -3.49. The predicted octanol–water partition coefficient (Wildman–Crippen LogP) is 5.78. The fraction of sp³-hybridized carbons (Fsp3) is 0.344. The van der Waals surface area contributed by atoms with Crippen LogP contribution in [-0.2, 0) is 6.54 Å². The second-order valence-corrected chi connectivity index (χ2v) is 11.3. The number of rotatable bonds is 7. The molecule has 6 rings (SSSR count). The standard InChI is InChI=1S/C32H35FN4O2S/c1-39-32-30-25(28(38)13-16-37(30)24-11-9-23(10-12-24)22-34-14-5-6-15-34)21-26(33)31(32)36-19-17-35(18-20-36)27-7-3-4-8-29(27)40-2/h3-4,7-13,16,21H,5-6,14-15,17-20,22H2,1-2H3. The minimum atomic E-state index is -0.432. The molecule has 0 saturated carbocycles. The molecule has 3 aromatic carbocycles. The van der Waals surface area contributed by atoms with Gasteiger partial charge in [0.1, 0.15) is 11.2 Å². The number of fused-ring (bicyclic) bond motifs is 1. The first kappa shape index (κ1) is 26.7. The summed E-state index contributed by atoms with van der Waals surface area (Å²) < 4.78 is 23.6. The van der Waals surface area contributed by atoms with E-state index in [0.717, 1.165) is 38.4 Å². The first-order valence-corrected chi connectivity index (χ1v) is 15.2. The zero-order valence-electron chi connectivity index (χ0n) is 23.1. The predicted molar refractivity (Wildman–Crippen MR) is 163 cm³/mol. The second-order valence-electron chi connectivity index (χ2n) is 10.5. The van der Waals surface area contributed by atoms with Gasteiger partial charge in [0.25, 0.3) is 0 Å². The average Bonchev–Trinajstić information content (AvgIpc) is 3.51. The lowest BCUT2D eigenvalue weighted by Gasteiger charge is -2.38. The van der Waals surface area contributed by atoms with Gasteiger partial charge in [-0.2, -0.15) is 0 Å². The summed E-state index contributed by atoms with van der Waals surface area (Å²) in [7, 11) is 1.56. The maximum atomic E-state index is 15.8. The molecular formula is C32H35FN4O2S. The quantitative estimate of drug-likeness (QED) is 0.268. The number of halogens is 1. The Morgan fingerprint density at radius 3 is 2.30 bits per heavy atom. The smallest absolute Gasteiger partial charge is 0.189 e. The molecule has 6 nitrogen and oxygen atoms in total. The number of para-hydroxylation sites is 1. The summed E-state index contributed by atoms with van der Waals surface area (Å²) in [6, 6.07) is 19.7. The van der Waals surface area contributed by atoms with Crippen LogP contribution in [0.15, 0.2) is 76.6 Å². The van der Waals surface area contributed by atoms with Crippen molar-refractivity contribution in [2.75, 3.05) is 62.4 Å². The van der Waals surface area contributed by atoms with E-state index in [-0.39, 0.29) is 5.43 Å². The van der Waals surface area contributed by atoms with Crippen molar-refractivity contribution in [1.82, 2.24) is 9.47 Å². The number of pyridine rings is 1. The molecule has 0 radical (unpaired) electrons. The van der Waals surface area contributed by atoms with Crippen molar-refractivity contribution in [1.29, 1.82) is 0 Å². The van der Waals surface area contributed by atoms with Crippen LogP contribution in [0.3, 0.4) is 0 Å². The van der Waals surface area contributed by atoms with E-state index in [2.05, 4.69) is 64.6 Å². The van der Waals surface area contributed by atoms with Crippen LogP contribution in [-0.4, -0.2) is 62.1 Å². The Morgan fingerprint density at radius 2 is 1.60 bits per heavy atom. The number of aromatic nitrogens is 1. The third-order valence-corrected chi connectivity index (χ3v) is 8.89. The molecule has 40 heavy (non-hydrogen) atoms. The molecule has 0 atom stereocenters. The molecule has 2 aliphatic heterocycles. The van der Waals surface area contributed by atoms with Crippen molar-refractivity contribution < 1.29 is 9.13 Å². The van der Waals surface area contributed by atoms with Gasteiger partial charge in [0.2, 0.25) is 0 Å². The normalized spacial score (nSPS) is 16.2. The maximum absolute atomic E-state index is 15.8. The highest BCUT2D eigenvalue weighted by Gasteiger charge is 2.27. The molecule has 0 amide bonds. The van der Waals surface area contributed by atoms with Crippen LogP contribution in [0.5, 0.6) is 5.75 Å². The van der Waals surface area contributed by atoms with Gasteiger partial charge >= 0.3 is 0 Å². The number of likely N-dealkylation sites (tertiary alicyclic amines) is 1. The monoisotopic (exact) mass is 558 g/mol. The van der Waals surface area contributed by atoms with E-state index in [4.69, 9.17) is 4.74 Å². The molecule has 2 saturated heterocycles. The molecule has 0 spiro atoms. The van der Waals surface area contributed by atoms with Crippen molar-refractivity contribution in [3.05, 3.63) is 88.5 Å². The summed E-state index contributed by atoms with van der Waals surface area (Å²) in [6.45, 7) is 6.05. The summed E-state index contributed by atoms with van der Waals surface area (Å²) in [5.41, 5.74) is 4.16. The third-order valence-electron chi connectivity index (χ3n) is 8.11. The third kappa shape index (κ3) is 5.06. The minimum absolute atomic E-state index is 0.223. The zero-order chi connectivity index (χ0) is 27.6. The van der Waals surface area contributed by atoms with Crippen molar-refractivity contribution in [2.24, 2.45) is 0 Å². The average molecular weight is 559 g/mol. The molecule has 1 aromatic heterocycles. The van der Waals surface area contributed by atoms with E-state index in [0.29, 0.717) is 35.4 Å². The van der Waals surface area contributed by atoms with Crippen molar-refractivity contribution in [3.63, 3.8) is 0 Å². The van der Waals surface area contributed by atoms with E-state index in [1.165, 1.54) is 41.1 Å². The number of benzene rings is 3. The van der Waals surface area contributed by atoms with Gasteiger partial charge in [-0.05, 0) is 68.1 Å². The first-order valence-electron chi connectivity index (χ1n) is 13.9. The van der Waals surface area contributed by atoms with Crippen LogP contribution in [0, 0.1) is 5.82 Å². The lowest BCUT2D eigenvalue weighted by Crippen LogP contribution is -2.47. The Morgan fingerprint density at radius 1 is 0.900 bits per heavy atom. The lowest BCUT2D eigenvalue weighted by atomic mass is 10.1. The number of piperazine rings is 1. The summed E-state index contributed by atoms with van der Waals surface area (Å²) in [5, 5.41) is 0.314. The van der Waals surface area contributed by atoms with Gasteiger partial charge < -0.3 is 19.1 Å². The number of methoxy groups -OCH3 is 1. The summed E-state index contributed by atoms with van der Waals surface area (Å²) in [4.78, 5) is 21.0. The molecule has 0 aliphatic carbocycles. The van der Waals surface area contributed by atoms with Crippen LogP contribution in [0.1, 0.15) is 18.4 Å². The van der Waals surface area contributed by atoms with Crippen LogP contribution < -0.4 is 20.0 Å². The van der Waals surface area contributed by atoms with Crippen LogP contribution in [0.4, 0.5) is 15.8 Å². The maximum Gasteiger partial charge on any atom is 0.189 e. The summed E-state index contributed by atoms with van der Waals surface area (Å²) >= 11 is 1.74. The minimum Gasteiger partial charge on any atom is -0.492 e. The molecule has 2 aliphatic rings. The molecule has 0 bridgehead atoms. The van der Waals surface area contributed by atoms with Crippen LogP contribution in [0.2, 0.25) is 0 Å². The topological polar surface area (TPSA) is 41.0 Å². The highest BCUT2D eigenvalue weighted by Crippen LogP contribution is 2.40. The Balaban J connectivity index is 1.35. The van der Waals surface area contributed by atoms with Gasteiger partial charge in [0.15, 0.2) is 17.0 Å². The van der Waals surface area contributed by atoms with E-state index in [1.807, 2.05) is 9.47 Å². The SMILES string of the molecule is COc1c(N2CCN(c3ccccc3SC)CC2)c(F)cc2c(=O)ccn(-c3ccc(CN4CCCC4)cc3)c12. The van der Waals surface area contributed by atoms with Crippen LogP contribution in [0.25, 0.3) is 16.6 Å². The second kappa shape index (κ2) is 11.6. The van der Waals surface area contributed by atoms with Gasteiger partial charge in [-0.1, -0.05) is 24.3 Å². The molecule has 8 heteroatoms. The van der Waals surface area contributed by atoms with E-state index < -0.39 is 5.82 Å². The van der Waals surface area contributed by atoms with E-state index in [9.17, 15) is 4.79 Å². The fourth-order valence-corrected chi connectivity index (χ4v) is 6.69. The van der Waals surface area contributed by atoms with E-state index >= 15 is 4.39 Å². The Labute approximate surface area is 239 Å². The molecule has 0 N–H and O–H groups in total. The van der Waals surface area contributed by atoms with Gasteiger partial charge in [0, 0.05) is 55.6 Å². The largest absolute Gasteiger partial charge is 0.492 e. The number of hydrogen-bond acceptors (Lipinski definition) is 6. The highest BCUT2D eigenvalue weighted by atomic mass is 32.2. The Kier molecular flexibility index (Phi) is 7.71. The molecule has 2 fully saturated rings. The van der Waals surface area contributed by atoms with Crippen molar-refractivity contribution >= 4 is 34.0 Å². The molecule has 4 aromatic rings.